The van der Waals surface area contributed by atoms with Gasteiger partial charge in [0.2, 0.25) is 0 Å². The van der Waals surface area contributed by atoms with Crippen molar-refractivity contribution in [2.24, 2.45) is 10.8 Å². The lowest BCUT2D eigenvalue weighted by Gasteiger charge is -2.40. The molecule has 10 atom stereocenters. The summed E-state index contributed by atoms with van der Waals surface area (Å²) >= 11 is 0. The molecule has 2 saturated heterocycles. The zero-order chi connectivity index (χ0) is 29.3. The van der Waals surface area contributed by atoms with Crippen molar-refractivity contribution in [3.05, 3.63) is 0 Å². The Morgan fingerprint density at radius 1 is 0.579 bits per heavy atom. The van der Waals surface area contributed by atoms with Crippen molar-refractivity contribution >= 4 is 0 Å². The van der Waals surface area contributed by atoms with Crippen molar-refractivity contribution in [2.75, 3.05) is 39.9 Å². The zero-order valence-corrected chi connectivity index (χ0v) is 23.2. The third-order valence-electron chi connectivity index (χ3n) is 5.71. The zero-order valence-electron chi connectivity index (χ0n) is 23.2. The number of hydrogen-bond acceptors (Lipinski definition) is 14. The van der Waals surface area contributed by atoms with Crippen LogP contribution in [0, 0.1) is 10.8 Å². The number of nitrogens with one attached hydrogen (secondary N) is 2. The van der Waals surface area contributed by atoms with Crippen molar-refractivity contribution in [1.29, 1.82) is 0 Å². The number of hydrogen-bond donors (Lipinski definition) is 10. The van der Waals surface area contributed by atoms with Gasteiger partial charge in [0.1, 0.15) is 36.6 Å². The number of rotatable bonds is 10. The van der Waals surface area contributed by atoms with Gasteiger partial charge in [-0.3, -0.25) is 10.6 Å². The second-order valence-corrected chi connectivity index (χ2v) is 12.0. The maximum Gasteiger partial charge on any atom is 0.173 e. The third kappa shape index (κ3) is 11.9. The Labute approximate surface area is 224 Å². The predicted octanol–water partition coefficient (Wildman–Crippen LogP) is -3.21. The van der Waals surface area contributed by atoms with E-state index in [4.69, 9.17) is 29.2 Å². The van der Waals surface area contributed by atoms with Gasteiger partial charge in [-0.15, -0.1) is 0 Å². The summed E-state index contributed by atoms with van der Waals surface area (Å²) in [5, 5.41) is 81.9. The summed E-state index contributed by atoms with van der Waals surface area (Å²) in [7, 11) is 0. The van der Waals surface area contributed by atoms with Gasteiger partial charge in [-0.25, -0.2) is 0 Å². The van der Waals surface area contributed by atoms with Crippen molar-refractivity contribution in [1.82, 2.24) is 10.6 Å². The van der Waals surface area contributed by atoms with Gasteiger partial charge in [-0.05, 0) is 10.8 Å². The van der Waals surface area contributed by atoms with Gasteiger partial charge in [0.25, 0.3) is 0 Å². The Kier molecular flexibility index (Phi) is 15.0. The Morgan fingerprint density at radius 2 is 0.895 bits per heavy atom. The molecule has 0 radical (unpaired) electrons. The van der Waals surface area contributed by atoms with Crippen LogP contribution in [-0.2, 0) is 18.9 Å². The monoisotopic (exact) mass is 558 g/mol. The molecule has 0 aromatic rings. The van der Waals surface area contributed by atoms with Crippen LogP contribution in [0.4, 0.5) is 0 Å². The highest BCUT2D eigenvalue weighted by molar-refractivity contribution is 4.93. The normalized spacial score (nSPS) is 36.5. The molecule has 2 rings (SSSR count). The van der Waals surface area contributed by atoms with E-state index in [-0.39, 0.29) is 24.3 Å². The SMILES string of the molecule is CC(C)(C)COCN[C@H]1C(O)[C@@H](O)C(CO)O[C@@H]1O.CC(C)(C)COCN[C@H]1C(O)[C@H](O)C(CO)O[C@@H]1O. The highest BCUT2D eigenvalue weighted by atomic mass is 16.6. The van der Waals surface area contributed by atoms with E-state index in [1.807, 2.05) is 41.5 Å². The summed E-state index contributed by atoms with van der Waals surface area (Å²) in [6.45, 7) is 12.5. The van der Waals surface area contributed by atoms with E-state index in [1.165, 1.54) is 0 Å². The minimum Gasteiger partial charge on any atom is -0.394 e. The maximum atomic E-state index is 9.85. The molecule has 10 N–H and O–H groups in total. The molecule has 0 aromatic heterocycles. The highest BCUT2D eigenvalue weighted by Gasteiger charge is 2.44. The number of aliphatic hydroxyl groups is 8. The van der Waals surface area contributed by atoms with Crippen molar-refractivity contribution in [3.8, 4) is 0 Å². The van der Waals surface area contributed by atoms with Crippen LogP contribution in [0.3, 0.4) is 0 Å². The third-order valence-corrected chi connectivity index (χ3v) is 5.71. The molecule has 2 aliphatic heterocycles. The second-order valence-electron chi connectivity index (χ2n) is 12.0. The number of ether oxygens (including phenoxy) is 4. The molecule has 0 spiro atoms. The minimum atomic E-state index is -1.31. The van der Waals surface area contributed by atoms with Gasteiger partial charge < -0.3 is 59.8 Å². The average molecular weight is 559 g/mol. The van der Waals surface area contributed by atoms with Gasteiger partial charge >= 0.3 is 0 Å². The highest BCUT2D eigenvalue weighted by Crippen LogP contribution is 2.21. The molecule has 0 saturated carbocycles. The van der Waals surface area contributed by atoms with Gasteiger partial charge in [0, 0.05) is 0 Å². The summed E-state index contributed by atoms with van der Waals surface area (Å²) in [6, 6.07) is -1.73. The van der Waals surface area contributed by atoms with E-state index in [0.29, 0.717) is 13.2 Å². The molecule has 0 bridgehead atoms. The molecule has 0 aromatic carbocycles. The minimum absolute atomic E-state index is 0.0173. The van der Waals surface area contributed by atoms with E-state index in [1.54, 1.807) is 0 Å². The maximum absolute atomic E-state index is 9.85. The van der Waals surface area contributed by atoms with Crippen LogP contribution in [0.25, 0.3) is 0 Å². The van der Waals surface area contributed by atoms with Crippen molar-refractivity contribution in [3.63, 3.8) is 0 Å². The molecule has 38 heavy (non-hydrogen) atoms. The number of aliphatic hydroxyl groups excluding tert-OH is 8. The van der Waals surface area contributed by atoms with Gasteiger partial charge in [0.15, 0.2) is 12.6 Å². The van der Waals surface area contributed by atoms with Crippen LogP contribution in [0.1, 0.15) is 41.5 Å². The fourth-order valence-electron chi connectivity index (χ4n) is 3.66. The Balaban J connectivity index is 0.000000380. The Morgan fingerprint density at radius 3 is 1.16 bits per heavy atom. The van der Waals surface area contributed by atoms with Crippen LogP contribution < -0.4 is 10.6 Å². The summed E-state index contributed by atoms with van der Waals surface area (Å²) in [5.74, 6) is 0. The first kappa shape index (κ1) is 35.5. The van der Waals surface area contributed by atoms with E-state index in [2.05, 4.69) is 10.6 Å². The molecule has 14 nitrogen and oxygen atoms in total. The largest absolute Gasteiger partial charge is 0.394 e. The fraction of sp³-hybridized carbons (Fsp3) is 1.00. The molecule has 14 heteroatoms. The molecular weight excluding hydrogens is 508 g/mol. The van der Waals surface area contributed by atoms with Crippen molar-refractivity contribution in [2.45, 2.75) is 103 Å². The lowest BCUT2D eigenvalue weighted by Crippen LogP contribution is -2.63. The standard InChI is InChI=1S/2C12H25NO6/c2*1-12(2,3)5-18-6-13-8-10(16)9(15)7(4-14)19-11(8)17/h2*7-11,13-17H,4-6H2,1-3H3/t7?,8-,9+,10?,11-;7?,8-,9-,10?,11-/m00/s1. The van der Waals surface area contributed by atoms with E-state index >= 15 is 0 Å². The van der Waals surface area contributed by atoms with Crippen LogP contribution in [0.15, 0.2) is 0 Å². The smallest absolute Gasteiger partial charge is 0.173 e. The first-order chi connectivity index (χ1) is 17.5. The summed E-state index contributed by atoms with van der Waals surface area (Å²) in [6.07, 6.45) is -9.58. The molecule has 2 fully saturated rings. The van der Waals surface area contributed by atoms with E-state index < -0.39 is 74.5 Å². The molecule has 0 aliphatic carbocycles. The second kappa shape index (κ2) is 16.0. The molecule has 2 aliphatic rings. The van der Waals surface area contributed by atoms with Crippen LogP contribution in [-0.4, -0.2) is 142 Å². The molecule has 228 valence electrons. The van der Waals surface area contributed by atoms with Crippen LogP contribution >= 0.6 is 0 Å². The summed E-state index contributed by atoms with van der Waals surface area (Å²) in [4.78, 5) is 0. The van der Waals surface area contributed by atoms with Crippen molar-refractivity contribution < 1.29 is 59.8 Å². The summed E-state index contributed by atoms with van der Waals surface area (Å²) < 4.78 is 20.7. The first-order valence-corrected chi connectivity index (χ1v) is 12.8. The fourth-order valence-corrected chi connectivity index (χ4v) is 3.66. The first-order valence-electron chi connectivity index (χ1n) is 12.8. The van der Waals surface area contributed by atoms with Crippen LogP contribution in [0.2, 0.25) is 0 Å². The van der Waals surface area contributed by atoms with E-state index in [0.717, 1.165) is 0 Å². The topological polar surface area (TPSA) is 223 Å². The lowest BCUT2D eigenvalue weighted by molar-refractivity contribution is -0.256. The van der Waals surface area contributed by atoms with Crippen LogP contribution in [0.5, 0.6) is 0 Å². The van der Waals surface area contributed by atoms with E-state index in [9.17, 15) is 30.6 Å². The van der Waals surface area contributed by atoms with Gasteiger partial charge in [0.05, 0.1) is 52.0 Å². The lowest BCUT2D eigenvalue weighted by atomic mass is 9.97. The molecule has 0 amide bonds. The predicted molar refractivity (Wildman–Crippen MR) is 134 cm³/mol. The Hall–Kier alpha value is -0.560. The molecule has 4 unspecified atom stereocenters. The molecular formula is C24H50N2O12. The quantitative estimate of drug-likeness (QED) is 0.0942. The Bertz CT molecular complexity index is 593. The summed E-state index contributed by atoms with van der Waals surface area (Å²) in [5.41, 5.74) is 0.0347. The van der Waals surface area contributed by atoms with Gasteiger partial charge in [-0.1, -0.05) is 41.5 Å². The average Bonchev–Trinajstić information content (AvgIpc) is 2.81. The molecule has 2 heterocycles. The van der Waals surface area contributed by atoms with Gasteiger partial charge in [-0.2, -0.15) is 0 Å².